The van der Waals surface area contributed by atoms with E-state index in [1.54, 1.807) is 12.3 Å². The number of likely N-dealkylation sites (N-methyl/N-ethyl adjacent to an activating group) is 1. The van der Waals surface area contributed by atoms with E-state index in [0.29, 0.717) is 36.3 Å². The normalized spacial score (nSPS) is 21.2. The van der Waals surface area contributed by atoms with Crippen molar-refractivity contribution >= 4 is 27.5 Å². The summed E-state index contributed by atoms with van der Waals surface area (Å²) in [6, 6.07) is 10.6. The van der Waals surface area contributed by atoms with Crippen molar-refractivity contribution in [1.82, 2.24) is 24.8 Å². The van der Waals surface area contributed by atoms with Crippen molar-refractivity contribution in [3.05, 3.63) is 48.4 Å². The van der Waals surface area contributed by atoms with Crippen molar-refractivity contribution in [2.45, 2.75) is 31.0 Å². The van der Waals surface area contributed by atoms with Gasteiger partial charge in [-0.3, -0.25) is 9.88 Å². The molecule has 2 aromatic heterocycles. The average molecular weight is 535 g/mol. The number of aromatic nitrogens is 3. The lowest BCUT2D eigenvalue weighted by Crippen LogP contribution is -2.43. The minimum absolute atomic E-state index is 0.0193. The summed E-state index contributed by atoms with van der Waals surface area (Å²) >= 11 is 0. The highest BCUT2D eigenvalue weighted by Gasteiger charge is 2.49. The van der Waals surface area contributed by atoms with Crippen LogP contribution in [0.1, 0.15) is 19.3 Å². The zero-order valence-corrected chi connectivity index (χ0v) is 22.1. The van der Waals surface area contributed by atoms with Gasteiger partial charge in [-0.15, -0.1) is 0 Å². The number of aromatic hydroxyl groups is 1. The van der Waals surface area contributed by atoms with Crippen molar-refractivity contribution in [1.29, 1.82) is 0 Å². The minimum Gasteiger partial charge on any atom is -0.508 e. The second-order valence-corrected chi connectivity index (χ2v) is 10.8. The number of rotatable bonds is 8. The molecule has 2 aliphatic rings. The standard InChI is InChI=1S/C29H32F2N6O2/c1-36(2)11-9-32-27-23-15-33-25(22-13-20(38)12-18-6-3-4-7-21(18)22)24(31)26(23)34-28(35-27)39-17-29-8-5-10-37(29)16-19(30)14-29/h3-4,6-7,12-13,15,19,38H,5,8-11,14,16-17H2,1-2H3,(H,32,34,35)/t19-,29+/m0/s1. The van der Waals surface area contributed by atoms with Crippen LogP contribution in [0.15, 0.2) is 42.6 Å². The Morgan fingerprint density at radius 1 is 1.21 bits per heavy atom. The first kappa shape index (κ1) is 25.6. The van der Waals surface area contributed by atoms with Crippen LogP contribution in [0.5, 0.6) is 11.8 Å². The third-order valence-corrected chi connectivity index (χ3v) is 7.85. The van der Waals surface area contributed by atoms with E-state index >= 15 is 4.39 Å². The summed E-state index contributed by atoms with van der Waals surface area (Å²) in [6.07, 6.45) is 2.94. The molecular weight excluding hydrogens is 502 g/mol. The van der Waals surface area contributed by atoms with E-state index in [1.807, 2.05) is 43.3 Å². The molecule has 0 aliphatic carbocycles. The number of fused-ring (bicyclic) bond motifs is 3. The molecule has 2 fully saturated rings. The predicted molar refractivity (Wildman–Crippen MR) is 147 cm³/mol. The van der Waals surface area contributed by atoms with Gasteiger partial charge in [0.1, 0.15) is 35.6 Å². The molecule has 2 N–H and O–H groups in total. The zero-order valence-electron chi connectivity index (χ0n) is 22.1. The van der Waals surface area contributed by atoms with Crippen LogP contribution in [0.25, 0.3) is 32.9 Å². The topological polar surface area (TPSA) is 86.6 Å². The van der Waals surface area contributed by atoms with E-state index in [1.165, 1.54) is 6.07 Å². The van der Waals surface area contributed by atoms with Gasteiger partial charge in [-0.05, 0) is 56.4 Å². The Morgan fingerprint density at radius 3 is 2.90 bits per heavy atom. The molecule has 0 bridgehead atoms. The van der Waals surface area contributed by atoms with Crippen molar-refractivity contribution in [2.24, 2.45) is 0 Å². The van der Waals surface area contributed by atoms with Gasteiger partial charge in [0.25, 0.3) is 0 Å². The second kappa shape index (κ2) is 10.2. The molecule has 4 aromatic rings. The SMILES string of the molecule is CN(C)CCNc1nc(OC[C@]23CCCN2C[C@@H](F)C3)nc2c(F)c(-c3cc(O)cc4ccccc34)ncc12. The molecule has 204 valence electrons. The quantitative estimate of drug-likeness (QED) is 0.339. The summed E-state index contributed by atoms with van der Waals surface area (Å²) in [5, 5.41) is 15.6. The second-order valence-electron chi connectivity index (χ2n) is 10.8. The number of anilines is 1. The highest BCUT2D eigenvalue weighted by molar-refractivity contribution is 5.99. The maximum Gasteiger partial charge on any atom is 0.319 e. The third kappa shape index (κ3) is 4.83. The molecule has 0 saturated carbocycles. The number of alkyl halides is 1. The van der Waals surface area contributed by atoms with E-state index in [4.69, 9.17) is 4.74 Å². The number of phenols is 1. The first-order valence-electron chi connectivity index (χ1n) is 13.3. The van der Waals surface area contributed by atoms with Crippen LogP contribution in [-0.2, 0) is 0 Å². The number of nitrogens with zero attached hydrogens (tertiary/aromatic N) is 5. The van der Waals surface area contributed by atoms with Crippen LogP contribution in [0.3, 0.4) is 0 Å². The van der Waals surface area contributed by atoms with Gasteiger partial charge in [0.15, 0.2) is 5.82 Å². The average Bonchev–Trinajstić information content (AvgIpc) is 3.43. The van der Waals surface area contributed by atoms with Gasteiger partial charge in [-0.1, -0.05) is 24.3 Å². The van der Waals surface area contributed by atoms with Crippen LogP contribution < -0.4 is 10.1 Å². The number of phenolic OH excluding ortho intramolecular Hbond substituents is 1. The number of nitrogens with one attached hydrogen (secondary N) is 1. The van der Waals surface area contributed by atoms with Gasteiger partial charge in [-0.2, -0.15) is 9.97 Å². The Kier molecular flexibility index (Phi) is 6.68. The lowest BCUT2D eigenvalue weighted by atomic mass is 9.95. The van der Waals surface area contributed by atoms with Crippen molar-refractivity contribution in [3.8, 4) is 23.0 Å². The summed E-state index contributed by atoms with van der Waals surface area (Å²) in [4.78, 5) is 17.7. The summed E-state index contributed by atoms with van der Waals surface area (Å²) < 4.78 is 36.6. The van der Waals surface area contributed by atoms with Gasteiger partial charge < -0.3 is 20.1 Å². The molecule has 39 heavy (non-hydrogen) atoms. The van der Waals surface area contributed by atoms with Crippen molar-refractivity contribution in [3.63, 3.8) is 0 Å². The van der Waals surface area contributed by atoms with Crippen LogP contribution in [0.4, 0.5) is 14.6 Å². The molecule has 0 spiro atoms. The monoisotopic (exact) mass is 534 g/mol. The van der Waals surface area contributed by atoms with Crippen LogP contribution >= 0.6 is 0 Å². The number of hydrogen-bond donors (Lipinski definition) is 2. The molecule has 0 unspecified atom stereocenters. The van der Waals surface area contributed by atoms with E-state index in [2.05, 4.69) is 25.2 Å². The molecule has 0 amide bonds. The van der Waals surface area contributed by atoms with E-state index in [-0.39, 0.29) is 35.1 Å². The van der Waals surface area contributed by atoms with Gasteiger partial charge in [-0.25, -0.2) is 8.78 Å². The maximum atomic E-state index is 16.2. The molecule has 8 nitrogen and oxygen atoms in total. The molecule has 2 saturated heterocycles. The molecule has 4 heterocycles. The summed E-state index contributed by atoms with van der Waals surface area (Å²) in [5.74, 6) is -0.187. The fourth-order valence-electron chi connectivity index (χ4n) is 5.96. The highest BCUT2D eigenvalue weighted by atomic mass is 19.1. The smallest absolute Gasteiger partial charge is 0.319 e. The van der Waals surface area contributed by atoms with Crippen LogP contribution in [0, 0.1) is 5.82 Å². The Bertz CT molecular complexity index is 1530. The largest absolute Gasteiger partial charge is 0.508 e. The Morgan fingerprint density at radius 2 is 2.05 bits per heavy atom. The maximum absolute atomic E-state index is 16.2. The van der Waals surface area contributed by atoms with E-state index in [0.717, 1.165) is 36.7 Å². The van der Waals surface area contributed by atoms with Gasteiger partial charge in [0.2, 0.25) is 0 Å². The lowest BCUT2D eigenvalue weighted by Gasteiger charge is -2.30. The summed E-state index contributed by atoms with van der Waals surface area (Å²) in [6.45, 7) is 2.82. The van der Waals surface area contributed by atoms with Crippen LogP contribution in [0.2, 0.25) is 0 Å². The molecule has 0 radical (unpaired) electrons. The number of benzene rings is 2. The number of ether oxygens (including phenoxy) is 1. The minimum atomic E-state index is -0.877. The van der Waals surface area contributed by atoms with Crippen molar-refractivity contribution < 1.29 is 18.6 Å². The van der Waals surface area contributed by atoms with Crippen molar-refractivity contribution in [2.75, 3.05) is 52.2 Å². The molecule has 2 atom stereocenters. The highest BCUT2D eigenvalue weighted by Crippen LogP contribution is 2.41. The molecule has 10 heteroatoms. The molecular formula is C29H32F2N6O2. The first-order valence-corrected chi connectivity index (χ1v) is 13.3. The summed E-state index contributed by atoms with van der Waals surface area (Å²) in [5.41, 5.74) is 0.239. The van der Waals surface area contributed by atoms with Gasteiger partial charge in [0, 0.05) is 37.8 Å². The molecule has 2 aliphatic heterocycles. The summed E-state index contributed by atoms with van der Waals surface area (Å²) in [7, 11) is 3.93. The fraction of sp³-hybridized carbons (Fsp3) is 0.414. The van der Waals surface area contributed by atoms with Crippen LogP contribution in [-0.4, -0.2) is 88.5 Å². The van der Waals surface area contributed by atoms with E-state index < -0.39 is 12.0 Å². The Hall–Kier alpha value is -3.63. The van der Waals surface area contributed by atoms with Gasteiger partial charge in [0.05, 0.1) is 10.9 Å². The number of halogens is 2. The first-order chi connectivity index (χ1) is 18.8. The Labute approximate surface area is 225 Å². The molecule has 2 aromatic carbocycles. The lowest BCUT2D eigenvalue weighted by molar-refractivity contribution is 0.107. The van der Waals surface area contributed by atoms with Gasteiger partial charge >= 0.3 is 6.01 Å². The predicted octanol–water partition coefficient (Wildman–Crippen LogP) is 4.62. The van der Waals surface area contributed by atoms with E-state index in [9.17, 15) is 9.50 Å². The fourth-order valence-corrected chi connectivity index (χ4v) is 5.96. The zero-order chi connectivity index (χ0) is 27.1. The third-order valence-electron chi connectivity index (χ3n) is 7.85. The molecule has 6 rings (SSSR count). The number of pyridine rings is 1. The Balaban J connectivity index is 1.42. The number of hydrogen-bond acceptors (Lipinski definition) is 8.